The van der Waals surface area contributed by atoms with Crippen molar-refractivity contribution in [1.82, 2.24) is 37.4 Å². The van der Waals surface area contributed by atoms with Crippen molar-refractivity contribution in [2.45, 2.75) is 90.8 Å². The summed E-state index contributed by atoms with van der Waals surface area (Å²) >= 11 is 12.1. The number of aliphatic hydroxyl groups is 1. The van der Waals surface area contributed by atoms with Crippen molar-refractivity contribution in [1.29, 1.82) is 0 Å². The molecule has 8 aromatic rings. The largest absolute Gasteiger partial charge is 0.573 e. The molecule has 17 nitrogen and oxygen atoms in total. The Labute approximate surface area is 451 Å². The second kappa shape index (κ2) is 25.8. The number of ether oxygens (including phenoxy) is 4. The fraction of sp³-hybridized carbons (Fsp3) is 0.358. The Morgan fingerprint density at radius 3 is 1.29 bits per heavy atom. The van der Waals surface area contributed by atoms with Gasteiger partial charge in [0, 0.05) is 81.9 Å². The smallest absolute Gasteiger partial charge is 0.493 e. The molecule has 0 radical (unpaired) electrons. The van der Waals surface area contributed by atoms with Crippen molar-refractivity contribution in [2.75, 3.05) is 19.8 Å². The van der Waals surface area contributed by atoms with E-state index in [1.54, 1.807) is 40.4 Å². The molecule has 78 heavy (non-hydrogen) atoms. The number of aryl methyl sites for hydroxylation is 4. The lowest BCUT2D eigenvalue weighted by molar-refractivity contribution is -0.275. The summed E-state index contributed by atoms with van der Waals surface area (Å²) in [5.41, 5.74) is 0.986. The van der Waals surface area contributed by atoms with Gasteiger partial charge in [-0.1, -0.05) is 72.9 Å². The van der Waals surface area contributed by atoms with Crippen LogP contribution in [0, 0.1) is 0 Å². The van der Waals surface area contributed by atoms with E-state index in [0.717, 1.165) is 34.2 Å². The van der Waals surface area contributed by atoms with E-state index in [1.807, 2.05) is 31.2 Å². The van der Waals surface area contributed by atoms with Gasteiger partial charge in [0.05, 0.1) is 13.2 Å². The molecule has 0 unspecified atom stereocenters. The minimum absolute atomic E-state index is 0.0599. The molecule has 0 spiro atoms. The number of unbranched alkanes of at least 4 members (excludes halogenated alkanes) is 1. The van der Waals surface area contributed by atoms with Gasteiger partial charge in [-0.15, -0.1) is 26.3 Å². The summed E-state index contributed by atoms with van der Waals surface area (Å²) in [5.74, 6) is 0.796. The number of aromatic nitrogens is 8. The summed E-state index contributed by atoms with van der Waals surface area (Å²) in [6.45, 7) is 3.14. The summed E-state index contributed by atoms with van der Waals surface area (Å²) in [6.07, 6.45) is -6.23. The van der Waals surface area contributed by atoms with Gasteiger partial charge < -0.3 is 33.2 Å². The number of hydrogen-bond donors (Lipinski definition) is 1. The molecule has 0 aliphatic heterocycles. The lowest BCUT2D eigenvalue weighted by Gasteiger charge is -2.12. The molecule has 4 heterocycles. The van der Waals surface area contributed by atoms with E-state index in [1.165, 1.54) is 57.1 Å². The summed E-state index contributed by atoms with van der Waals surface area (Å²) in [5, 5.41) is 10.4. The summed E-state index contributed by atoms with van der Waals surface area (Å²) in [6, 6.07) is 24.9. The minimum atomic E-state index is -4.81. The van der Waals surface area contributed by atoms with E-state index in [-0.39, 0.29) is 73.5 Å². The van der Waals surface area contributed by atoms with Crippen molar-refractivity contribution in [3.05, 3.63) is 172 Å². The lowest BCUT2D eigenvalue weighted by atomic mass is 10.2. The maximum Gasteiger partial charge on any atom is 0.573 e. The van der Waals surface area contributed by atoms with Crippen LogP contribution < -0.4 is 41.4 Å². The predicted molar refractivity (Wildman–Crippen MR) is 280 cm³/mol. The molecule has 0 aliphatic rings. The molecule has 0 fully saturated rings. The number of aliphatic hydroxyl groups excluding tert-OH is 1. The van der Waals surface area contributed by atoms with E-state index < -0.39 is 35.2 Å². The number of fused-ring (bicyclic) bond motifs is 2. The van der Waals surface area contributed by atoms with Gasteiger partial charge in [-0.3, -0.25) is 27.9 Å². The SMILES string of the molecule is CCCCn1c(=O)c2c(nc(CCCOc3cccc(OC(F)(F)F)c3)n2Cc2ccc(Cl)cc2)n(C)c1=O.Cn1c(=O)n(CCCO)c(=O)c2c1nc(CCCOc1cccc(OC(F)(F)F)c1)n2Cc1ccc(Cl)cc1. The van der Waals surface area contributed by atoms with Crippen LogP contribution in [0.2, 0.25) is 10.0 Å². The zero-order chi connectivity index (χ0) is 56.3. The van der Waals surface area contributed by atoms with Crippen molar-refractivity contribution in [2.24, 2.45) is 14.1 Å². The normalized spacial score (nSPS) is 11.7. The summed E-state index contributed by atoms with van der Waals surface area (Å²) in [7, 11) is 3.12. The third-order valence-corrected chi connectivity index (χ3v) is 12.6. The molecule has 0 atom stereocenters. The first kappa shape index (κ1) is 58.2. The van der Waals surface area contributed by atoms with E-state index in [0.29, 0.717) is 78.1 Å². The number of benzene rings is 4. The molecular weight excluding hydrogens is 1080 g/mol. The second-order valence-corrected chi connectivity index (χ2v) is 18.7. The van der Waals surface area contributed by atoms with Gasteiger partial charge in [-0.05, 0) is 85.3 Å². The number of rotatable bonds is 22. The third kappa shape index (κ3) is 14.9. The standard InChI is InChI=1S/C27H28ClF3N4O4.C26H26ClF3N4O5/c1-3-4-14-34-25(36)23-24(33(2)26(34)37)32-22(35(23)17-18-10-12-19(28)13-11-18)9-6-15-38-20-7-5-8-21(16-20)39-27(29,30)31;1-32-23-22(24(36)33(25(32)37)12-4-13-35)34(16-17-8-10-18(27)11-9-17)21(31-23)7-3-14-38-19-5-2-6-20(15-19)39-26(28,29)30/h5,7-8,10-13,16H,3-4,6,9,14-15,17H2,1-2H3;2,5-6,8-11,15,35H,3-4,7,12-14,16H2,1H3. The number of alkyl halides is 6. The van der Waals surface area contributed by atoms with Gasteiger partial charge in [-0.25, -0.2) is 19.6 Å². The van der Waals surface area contributed by atoms with E-state index in [4.69, 9.17) is 32.7 Å². The summed E-state index contributed by atoms with van der Waals surface area (Å²) < 4.78 is 103. The van der Waals surface area contributed by atoms with E-state index >= 15 is 0 Å². The Morgan fingerprint density at radius 2 is 0.923 bits per heavy atom. The van der Waals surface area contributed by atoms with Crippen LogP contribution in [0.4, 0.5) is 26.3 Å². The minimum Gasteiger partial charge on any atom is -0.493 e. The number of halogens is 8. The van der Waals surface area contributed by atoms with Gasteiger partial charge in [0.25, 0.3) is 11.1 Å². The van der Waals surface area contributed by atoms with E-state index in [9.17, 15) is 50.6 Å². The molecule has 0 bridgehead atoms. The highest BCUT2D eigenvalue weighted by Crippen LogP contribution is 2.28. The van der Waals surface area contributed by atoms with Gasteiger partial charge in [-0.2, -0.15) is 0 Å². The lowest BCUT2D eigenvalue weighted by Crippen LogP contribution is -2.40. The molecule has 416 valence electrons. The van der Waals surface area contributed by atoms with Crippen LogP contribution in [0.1, 0.15) is 61.8 Å². The van der Waals surface area contributed by atoms with Crippen molar-refractivity contribution in [3.63, 3.8) is 0 Å². The van der Waals surface area contributed by atoms with Gasteiger partial charge in [0.15, 0.2) is 22.3 Å². The van der Waals surface area contributed by atoms with Gasteiger partial charge >= 0.3 is 24.1 Å². The van der Waals surface area contributed by atoms with E-state index in [2.05, 4.69) is 19.4 Å². The Bertz CT molecular complexity index is 3360. The first-order chi connectivity index (χ1) is 37.1. The molecule has 4 aromatic carbocycles. The van der Waals surface area contributed by atoms with Crippen LogP contribution in [-0.4, -0.2) is 75.0 Å². The van der Waals surface area contributed by atoms with Gasteiger partial charge in [0.2, 0.25) is 0 Å². The first-order valence-corrected chi connectivity index (χ1v) is 25.3. The number of nitrogens with zero attached hydrogens (tertiary/aromatic N) is 8. The zero-order valence-corrected chi connectivity index (χ0v) is 44.0. The first-order valence-electron chi connectivity index (χ1n) is 24.6. The van der Waals surface area contributed by atoms with Crippen LogP contribution in [0.5, 0.6) is 23.0 Å². The topological polar surface area (TPSA) is 181 Å². The van der Waals surface area contributed by atoms with Crippen molar-refractivity contribution in [3.8, 4) is 23.0 Å². The predicted octanol–water partition coefficient (Wildman–Crippen LogP) is 9.20. The maximum absolute atomic E-state index is 13.5. The molecule has 1 N–H and O–H groups in total. The van der Waals surface area contributed by atoms with Crippen LogP contribution in [0.25, 0.3) is 22.3 Å². The summed E-state index contributed by atoms with van der Waals surface area (Å²) in [4.78, 5) is 61.9. The molecule has 8 rings (SSSR count). The average Bonchev–Trinajstić information content (AvgIpc) is 3.98. The van der Waals surface area contributed by atoms with Crippen LogP contribution in [-0.2, 0) is 53.1 Å². The quantitative estimate of drug-likeness (QED) is 0.0505. The molecule has 0 saturated carbocycles. The molecule has 25 heteroatoms. The zero-order valence-electron chi connectivity index (χ0n) is 42.5. The molecule has 0 amide bonds. The highest BCUT2D eigenvalue weighted by Gasteiger charge is 2.32. The van der Waals surface area contributed by atoms with Crippen molar-refractivity contribution >= 4 is 45.5 Å². The second-order valence-electron chi connectivity index (χ2n) is 17.8. The maximum atomic E-state index is 13.5. The Hall–Kier alpha value is -7.50. The highest BCUT2D eigenvalue weighted by atomic mass is 35.5. The van der Waals surface area contributed by atoms with Crippen LogP contribution in [0.3, 0.4) is 0 Å². The fourth-order valence-electron chi connectivity index (χ4n) is 8.40. The average molecular weight is 1130 g/mol. The monoisotopic (exact) mass is 1130 g/mol. The number of hydrogen-bond acceptors (Lipinski definition) is 11. The Morgan fingerprint density at radius 1 is 0.538 bits per heavy atom. The third-order valence-electron chi connectivity index (χ3n) is 12.1. The molecule has 0 aliphatic carbocycles. The van der Waals surface area contributed by atoms with Crippen LogP contribution in [0.15, 0.2) is 116 Å². The highest BCUT2D eigenvalue weighted by molar-refractivity contribution is 6.30. The van der Waals surface area contributed by atoms with Crippen molar-refractivity contribution < 1.29 is 50.4 Å². The molecular formula is C53H54Cl2F6N8O9. The Kier molecular flexibility index (Phi) is 19.2. The fourth-order valence-corrected chi connectivity index (χ4v) is 8.65. The number of imidazole rings is 2. The Balaban J connectivity index is 0.000000226. The molecule has 4 aromatic heterocycles. The van der Waals surface area contributed by atoms with Gasteiger partial charge in [0.1, 0.15) is 34.6 Å². The van der Waals surface area contributed by atoms with Crippen LogP contribution >= 0.6 is 23.2 Å². The molecule has 0 saturated heterocycles.